The van der Waals surface area contributed by atoms with Crippen LogP contribution in [0.2, 0.25) is 10.0 Å². The molecule has 0 amide bonds. The van der Waals surface area contributed by atoms with Gasteiger partial charge < -0.3 is 0 Å². The van der Waals surface area contributed by atoms with Crippen molar-refractivity contribution in [2.24, 2.45) is 0 Å². The molecule has 3 nitrogen and oxygen atoms in total. The second kappa shape index (κ2) is 9.47. The number of hydrogen-bond donors (Lipinski definition) is 1. The first-order valence-corrected chi connectivity index (χ1v) is 11.8. The van der Waals surface area contributed by atoms with Gasteiger partial charge in [-0.2, -0.15) is 17.9 Å². The van der Waals surface area contributed by atoms with E-state index in [4.69, 9.17) is 23.2 Å². The van der Waals surface area contributed by atoms with E-state index in [2.05, 4.69) is 0 Å². The number of sulfonamides is 1. The van der Waals surface area contributed by atoms with Crippen LogP contribution in [0.25, 0.3) is 0 Å². The molecule has 0 aliphatic carbocycles. The van der Waals surface area contributed by atoms with Crippen molar-refractivity contribution in [2.45, 2.75) is 49.2 Å². The minimum atomic E-state index is -4.77. The molecule has 0 saturated heterocycles. The second-order valence-electron chi connectivity index (χ2n) is 6.51. The van der Waals surface area contributed by atoms with Gasteiger partial charge in [0.25, 0.3) is 0 Å². The molecular formula is C19H20Cl2F3NO2S2. The van der Waals surface area contributed by atoms with E-state index in [9.17, 15) is 21.6 Å². The average Bonchev–Trinajstić information content (AvgIpc) is 2.57. The zero-order valence-electron chi connectivity index (χ0n) is 15.9. The molecule has 1 atom stereocenters. The van der Waals surface area contributed by atoms with Gasteiger partial charge >= 0.3 is 6.18 Å². The quantitative estimate of drug-likeness (QED) is 0.476. The molecule has 0 heterocycles. The van der Waals surface area contributed by atoms with Crippen molar-refractivity contribution in [2.75, 3.05) is 5.75 Å². The molecule has 0 fully saturated rings. The molecule has 10 heteroatoms. The number of thioether (sulfide) groups is 1. The largest absolute Gasteiger partial charge is 0.405 e. The van der Waals surface area contributed by atoms with Crippen molar-refractivity contribution in [1.29, 1.82) is 0 Å². The Balaban J connectivity index is 2.30. The van der Waals surface area contributed by atoms with Crippen molar-refractivity contribution in [3.05, 3.63) is 57.1 Å². The number of aryl methyl sites for hydroxylation is 3. The van der Waals surface area contributed by atoms with Gasteiger partial charge in [-0.05, 0) is 55.2 Å². The molecule has 0 spiro atoms. The zero-order valence-corrected chi connectivity index (χ0v) is 19.0. The molecule has 160 valence electrons. The topological polar surface area (TPSA) is 46.2 Å². The van der Waals surface area contributed by atoms with E-state index in [1.807, 2.05) is 11.6 Å². The first-order valence-electron chi connectivity index (χ1n) is 8.62. The summed E-state index contributed by atoms with van der Waals surface area (Å²) in [6.45, 7) is 5.07. The Bertz CT molecular complexity index is 972. The highest BCUT2D eigenvalue weighted by atomic mass is 35.5. The minimum Gasteiger partial charge on any atom is -0.207 e. The van der Waals surface area contributed by atoms with Crippen molar-refractivity contribution >= 4 is 45.0 Å². The normalized spacial score (nSPS) is 13.5. The zero-order chi connectivity index (χ0) is 22.0. The lowest BCUT2D eigenvalue weighted by Gasteiger charge is -2.23. The van der Waals surface area contributed by atoms with Crippen LogP contribution < -0.4 is 4.72 Å². The van der Waals surface area contributed by atoms with Crippen molar-refractivity contribution in [1.82, 2.24) is 4.72 Å². The Morgan fingerprint density at radius 3 is 2.17 bits per heavy atom. The lowest BCUT2D eigenvalue weighted by molar-refractivity contribution is -0.145. The van der Waals surface area contributed by atoms with Crippen LogP contribution in [-0.2, 0) is 16.4 Å². The predicted octanol–water partition coefficient (Wildman–Crippen LogP) is 6.17. The second-order valence-corrected chi connectivity index (χ2v) is 10.1. The van der Waals surface area contributed by atoms with E-state index in [1.165, 1.54) is 18.2 Å². The van der Waals surface area contributed by atoms with Crippen molar-refractivity contribution in [3.8, 4) is 0 Å². The minimum absolute atomic E-state index is 0.126. The number of nitrogens with one attached hydrogen (secondary N) is 1. The van der Waals surface area contributed by atoms with Gasteiger partial charge in [-0.1, -0.05) is 42.3 Å². The maximum Gasteiger partial charge on any atom is 0.405 e. The summed E-state index contributed by atoms with van der Waals surface area (Å²) in [5, 5.41) is 0.557. The molecule has 0 saturated carbocycles. The van der Waals surface area contributed by atoms with E-state index in [0.29, 0.717) is 27.5 Å². The van der Waals surface area contributed by atoms with E-state index in [0.717, 1.165) is 17.3 Å². The number of benzene rings is 2. The highest BCUT2D eigenvalue weighted by Gasteiger charge is 2.42. The molecule has 0 aliphatic rings. The van der Waals surface area contributed by atoms with Crippen LogP contribution in [0.3, 0.4) is 0 Å². The van der Waals surface area contributed by atoms with E-state index < -0.39 is 28.0 Å². The summed E-state index contributed by atoms with van der Waals surface area (Å²) >= 11 is 12.6. The van der Waals surface area contributed by atoms with Crippen LogP contribution in [0, 0.1) is 13.8 Å². The van der Waals surface area contributed by atoms with E-state index in [-0.39, 0.29) is 9.92 Å². The fourth-order valence-corrected chi connectivity index (χ4v) is 6.21. The SMILES string of the molecule is CCc1cc(C)c(S(=O)(=O)NC(CSc2ccc(Cl)cc2Cl)C(F)(F)F)c(C)c1. The summed E-state index contributed by atoms with van der Waals surface area (Å²) in [5.41, 5.74) is 1.73. The van der Waals surface area contributed by atoms with Gasteiger partial charge in [-0.15, -0.1) is 11.8 Å². The third-order valence-corrected chi connectivity index (χ3v) is 7.79. The summed E-state index contributed by atoms with van der Waals surface area (Å²) in [6, 6.07) is 5.48. The molecule has 0 bridgehead atoms. The molecule has 0 radical (unpaired) electrons. The van der Waals surface area contributed by atoms with Gasteiger partial charge in [-0.25, -0.2) is 8.42 Å². The van der Waals surface area contributed by atoms with Crippen LogP contribution in [0.5, 0.6) is 0 Å². The molecule has 2 aromatic rings. The van der Waals surface area contributed by atoms with Gasteiger partial charge in [0, 0.05) is 15.7 Å². The van der Waals surface area contributed by atoms with Gasteiger partial charge in [0.2, 0.25) is 10.0 Å². The molecular weight excluding hydrogens is 466 g/mol. The third kappa shape index (κ3) is 6.28. The van der Waals surface area contributed by atoms with Crippen molar-refractivity contribution < 1.29 is 21.6 Å². The number of rotatable bonds is 7. The monoisotopic (exact) mass is 485 g/mol. The Kier molecular flexibility index (Phi) is 7.95. The van der Waals surface area contributed by atoms with Crippen LogP contribution in [-0.4, -0.2) is 26.4 Å². The first kappa shape index (κ1) is 24.3. The maximum absolute atomic E-state index is 13.6. The fourth-order valence-electron chi connectivity index (χ4n) is 2.87. The standard InChI is InChI=1S/C19H20Cl2F3NO2S2/c1-4-13-7-11(2)18(12(3)8-13)29(26,27)25-17(19(22,23)24)10-28-16-6-5-14(20)9-15(16)21/h5-9,17,25H,4,10H2,1-3H3. The van der Waals surface area contributed by atoms with Crippen LogP contribution >= 0.6 is 35.0 Å². The number of alkyl halides is 3. The Hall–Kier alpha value is -0.930. The summed E-state index contributed by atoms with van der Waals surface area (Å²) in [6.07, 6.45) is -4.08. The molecule has 0 aromatic heterocycles. The third-order valence-electron chi connectivity index (χ3n) is 4.19. The van der Waals surface area contributed by atoms with E-state index in [1.54, 1.807) is 26.0 Å². The molecule has 29 heavy (non-hydrogen) atoms. The van der Waals surface area contributed by atoms with Gasteiger partial charge in [-0.3, -0.25) is 0 Å². The highest BCUT2D eigenvalue weighted by molar-refractivity contribution is 7.99. The van der Waals surface area contributed by atoms with Crippen LogP contribution in [0.15, 0.2) is 40.1 Å². The number of halogens is 5. The van der Waals surface area contributed by atoms with Crippen LogP contribution in [0.4, 0.5) is 13.2 Å². The lowest BCUT2D eigenvalue weighted by Crippen LogP contribution is -2.47. The lowest BCUT2D eigenvalue weighted by atomic mass is 10.1. The molecule has 2 rings (SSSR count). The Morgan fingerprint density at radius 1 is 1.10 bits per heavy atom. The van der Waals surface area contributed by atoms with Gasteiger partial charge in [0.1, 0.15) is 6.04 Å². The first-order chi connectivity index (χ1) is 13.3. The highest BCUT2D eigenvalue weighted by Crippen LogP contribution is 2.33. The summed E-state index contributed by atoms with van der Waals surface area (Å²) in [5.74, 6) is -0.574. The van der Waals surface area contributed by atoms with Gasteiger partial charge in [0.05, 0.1) is 9.92 Å². The molecule has 0 aliphatic heterocycles. The average molecular weight is 486 g/mol. The Labute approximate surface area is 183 Å². The smallest absolute Gasteiger partial charge is 0.207 e. The predicted molar refractivity (Wildman–Crippen MR) is 113 cm³/mol. The fraction of sp³-hybridized carbons (Fsp3) is 0.368. The maximum atomic E-state index is 13.6. The molecule has 1 N–H and O–H groups in total. The van der Waals surface area contributed by atoms with Gasteiger partial charge in [0.15, 0.2) is 0 Å². The summed E-state index contributed by atoms with van der Waals surface area (Å²) in [7, 11) is -4.39. The van der Waals surface area contributed by atoms with Crippen molar-refractivity contribution in [3.63, 3.8) is 0 Å². The molecule has 1 unspecified atom stereocenters. The number of hydrogen-bond acceptors (Lipinski definition) is 3. The molecule has 2 aromatic carbocycles. The summed E-state index contributed by atoms with van der Waals surface area (Å²) < 4.78 is 68.1. The summed E-state index contributed by atoms with van der Waals surface area (Å²) in [4.78, 5) is 0.252. The van der Waals surface area contributed by atoms with Crippen LogP contribution in [0.1, 0.15) is 23.6 Å². The Morgan fingerprint density at radius 2 is 1.69 bits per heavy atom. The van der Waals surface area contributed by atoms with E-state index >= 15 is 0 Å².